The van der Waals surface area contributed by atoms with E-state index in [2.05, 4.69) is 193 Å². The predicted molar refractivity (Wildman–Crippen MR) is 352 cm³/mol. The molecule has 258 valence electrons. The molecule has 0 aliphatic carbocycles. The van der Waals surface area contributed by atoms with Crippen LogP contribution in [0.1, 0.15) is 0 Å². The molecule has 0 heterocycles. The van der Waals surface area contributed by atoms with Crippen LogP contribution in [0.25, 0.3) is 0 Å². The van der Waals surface area contributed by atoms with Crippen LogP contribution in [0.2, 0.25) is 1.41 Å². The summed E-state index contributed by atoms with van der Waals surface area (Å²) in [6.45, 7) is -4.41. The highest BCUT2D eigenvalue weighted by Gasteiger charge is 2.55. The molecule has 0 aromatic rings. The molecule has 25 atom stereocenters. The fourth-order valence-corrected chi connectivity index (χ4v) is 566. The van der Waals surface area contributed by atoms with E-state index < -0.39 is 6.99 Å². The quantitative estimate of drug-likeness (QED) is 0.118. The molecule has 0 saturated heterocycles. The van der Waals surface area contributed by atoms with Crippen LogP contribution in [0.4, 0.5) is 0 Å². The van der Waals surface area contributed by atoms with Crippen molar-refractivity contribution in [2.45, 2.75) is 0 Å². The van der Waals surface area contributed by atoms with Gasteiger partial charge in [-0.1, -0.05) is 0 Å². The second-order valence-corrected chi connectivity index (χ2v) is 177. The van der Waals surface area contributed by atoms with Crippen molar-refractivity contribution in [2.75, 3.05) is 0 Å². The minimum absolute atomic E-state index is 0.156. The first kappa shape index (κ1) is 58.7. The van der Waals surface area contributed by atoms with E-state index in [0.29, 0.717) is 0 Å². The Morgan fingerprint density at radius 1 is 0.302 bits per heavy atom. The van der Waals surface area contributed by atoms with Gasteiger partial charge >= 0.3 is 0 Å². The summed E-state index contributed by atoms with van der Waals surface area (Å²) in [5.41, 5.74) is 0. The highest BCUT2D eigenvalue weighted by atomic mass is 33.5. The minimum Gasteiger partial charge on any atom is -0.279 e. The van der Waals surface area contributed by atoms with Gasteiger partial charge in [0.15, 0.2) is 1.41 Å². The van der Waals surface area contributed by atoms with Crippen LogP contribution in [0.3, 0.4) is 0 Å². The lowest BCUT2D eigenvalue weighted by atomic mass is 14.0. The van der Waals surface area contributed by atoms with Gasteiger partial charge in [0.1, 0.15) is 0 Å². The molecule has 0 radical (unpaired) electrons. The van der Waals surface area contributed by atoms with Gasteiger partial charge in [0, 0.05) is 36.0 Å². The molecule has 43 heavy (non-hydrogen) atoms. The molecule has 0 bridgehead atoms. The second-order valence-electron chi connectivity index (χ2n) is 6.62. The largest absolute Gasteiger partial charge is 0.279 e. The smallest absolute Gasteiger partial charge is 0.193 e. The van der Waals surface area contributed by atoms with Crippen molar-refractivity contribution in [2.24, 2.45) is 0 Å². The minimum atomic E-state index is -0.423. The van der Waals surface area contributed by atoms with Crippen LogP contribution in [-0.2, 0) is 0 Å². The van der Waals surface area contributed by atoms with Crippen molar-refractivity contribution < 1.29 is 1.41 Å². The number of nitrogens with one attached hydrogen (secondary N) is 1. The second kappa shape index (κ2) is 33.2. The lowest BCUT2D eigenvalue weighted by molar-refractivity contribution is 1.66. The van der Waals surface area contributed by atoms with Crippen molar-refractivity contribution in [3.05, 3.63) is 0 Å². The number of rotatable bonds is 20. The highest BCUT2D eigenvalue weighted by molar-refractivity contribution is 9.47. The molecular formula is H43NP42. The van der Waals surface area contributed by atoms with Crippen LogP contribution >= 0.6 is 335 Å². The summed E-state index contributed by atoms with van der Waals surface area (Å²) in [5.74, 6) is 0. The van der Waals surface area contributed by atoms with Gasteiger partial charge in [-0.3, -0.25) is 5.15 Å². The fraction of sp³-hybridized carbons (Fsp3) is 0. The number of hydrogen-bond acceptors (Lipinski definition) is 1. The molecule has 0 saturated carbocycles. The zero-order valence-electron chi connectivity index (χ0n) is 23.0. The van der Waals surface area contributed by atoms with E-state index in [4.69, 9.17) is 1.41 Å². The van der Waals surface area contributed by atoms with Gasteiger partial charge in [-0.15, -0.1) is 187 Å². The van der Waals surface area contributed by atoms with Crippen molar-refractivity contribution in [3.63, 3.8) is 0 Å². The molecule has 0 spiro atoms. The molecule has 0 fully saturated rings. The van der Waals surface area contributed by atoms with Gasteiger partial charge in [0.25, 0.3) is 0 Å². The average molecular weight is 1360 g/mol. The first-order chi connectivity index (χ1) is 20.1. The van der Waals surface area contributed by atoms with Crippen LogP contribution in [0, 0.1) is 5.15 Å². The Hall–Kier alpha value is 17.7. The third kappa shape index (κ3) is 21.7. The molecule has 0 rings (SSSR count). The third-order valence-corrected chi connectivity index (χ3v) is 290. The molecule has 1 N–H and O–H groups in total. The Morgan fingerprint density at radius 2 is 0.535 bits per heavy atom. The van der Waals surface area contributed by atoms with Gasteiger partial charge in [0.05, 0.1) is 0 Å². The highest BCUT2D eigenvalue weighted by Crippen LogP contribution is 3.42. The van der Waals surface area contributed by atoms with Crippen LogP contribution in [0.5, 0.6) is 0 Å². The Balaban J connectivity index is 8.60. The van der Waals surface area contributed by atoms with Gasteiger partial charge in [0.2, 0.25) is 0 Å². The van der Waals surface area contributed by atoms with Crippen molar-refractivity contribution in [3.8, 4) is 0 Å². The van der Waals surface area contributed by atoms with E-state index in [1.54, 1.807) is 0 Å². The van der Waals surface area contributed by atoms with Crippen molar-refractivity contribution >= 4 is 335 Å². The molecule has 0 aromatic heterocycles. The zero-order valence-corrected chi connectivity index (χ0v) is 65.0. The van der Waals surface area contributed by atoms with Crippen molar-refractivity contribution in [1.82, 2.24) is 0 Å². The molecule has 1 nitrogen and oxygen atoms in total. The summed E-state index contributed by atoms with van der Waals surface area (Å²) in [5, 5.41) is 4.49. The molecule has 0 amide bonds. The SMILES string of the molecule is [3H]N=PP(P(P(P(P)P)P(P)P)P(P(P)P)P(P)P)P(P(P(P)P)P(P)P(P)P)P(P(P(P)P)P(P)P)P(P(P)P)P(P)P. The van der Waals surface area contributed by atoms with Gasteiger partial charge in [-0.05, 0) is 112 Å². The summed E-state index contributed by atoms with van der Waals surface area (Å²) in [7, 11) is 71.4. The van der Waals surface area contributed by atoms with E-state index >= 15 is 0 Å². The zero-order chi connectivity index (χ0) is 35.0. The Bertz CT molecular complexity index is 701. The van der Waals surface area contributed by atoms with Crippen LogP contribution < -0.4 is 0 Å². The first-order valence-corrected chi connectivity index (χ1v) is 85.4. The molecule has 0 aromatic carbocycles. The van der Waals surface area contributed by atoms with Crippen molar-refractivity contribution in [1.29, 1.82) is 5.15 Å². The Labute approximate surface area is 337 Å². The van der Waals surface area contributed by atoms with E-state index in [1.165, 1.54) is 0 Å². The topological polar surface area (TPSA) is 23.9 Å². The van der Waals surface area contributed by atoms with E-state index in [-0.39, 0.29) is 133 Å². The maximum atomic E-state index is 8.61. The molecule has 0 aliphatic rings. The van der Waals surface area contributed by atoms with Gasteiger partial charge in [-0.2, -0.15) is 0 Å². The summed E-state index contributed by atoms with van der Waals surface area (Å²) in [4.78, 5) is 0. The molecule has 25 unspecified atom stereocenters. The fourth-order valence-electron chi connectivity index (χ4n) is 2.38. The standard InChI is InChI=1S/H43NP42/c1-23-35(41(36(25(4)5)26(6)7)37(27(8)9)28(10)11)42(40(33(20)21)34(22)24(2)3)43(38(29(12)13)30(14)15)39(31(16)17)32(18)19/h1H,2-22H2/i/hT. The van der Waals surface area contributed by atoms with E-state index in [1.807, 2.05) is 0 Å². The summed E-state index contributed by atoms with van der Waals surface area (Å²) in [6, 6.07) is 0. The summed E-state index contributed by atoms with van der Waals surface area (Å²) < 4.78 is 8.61. The maximum Gasteiger partial charge on any atom is 0.193 e. The molecule has 43 heteroatoms. The third-order valence-electron chi connectivity index (χ3n) is 3.64. The molecule has 0 aliphatic heterocycles. The monoisotopic (exact) mass is 1360 g/mol. The van der Waals surface area contributed by atoms with Crippen LogP contribution in [-0.4, -0.2) is 0 Å². The lowest BCUT2D eigenvalue weighted by Crippen LogP contribution is -1.67. The maximum absolute atomic E-state index is 8.61. The summed E-state index contributed by atoms with van der Waals surface area (Å²) in [6.07, 6.45) is 0. The van der Waals surface area contributed by atoms with Crippen LogP contribution in [0.15, 0.2) is 0 Å². The van der Waals surface area contributed by atoms with E-state index in [0.717, 1.165) is 8.06 Å². The Kier molecular flexibility index (Phi) is 45.4. The first-order valence-electron chi connectivity index (χ1n) is 10.1. The number of hydrogen-bond donors (Lipinski definition) is 1. The Morgan fingerprint density at radius 3 is 0.744 bits per heavy atom. The summed E-state index contributed by atoms with van der Waals surface area (Å²) >= 11 is 0. The van der Waals surface area contributed by atoms with Gasteiger partial charge < -0.3 is 0 Å². The lowest BCUT2D eigenvalue weighted by Gasteiger charge is -2.54. The predicted octanol–water partition coefficient (Wildman–Crippen LogP) is 25.2. The average Bonchev–Trinajstić information content (AvgIpc) is 2.82. The van der Waals surface area contributed by atoms with Gasteiger partial charge in [-0.25, -0.2) is 0 Å². The van der Waals surface area contributed by atoms with E-state index in [9.17, 15) is 0 Å². The molecular weight excluding hydrogens is 1310 g/mol. The normalized spacial score (nSPS) is 17.4.